The van der Waals surface area contributed by atoms with E-state index in [0.717, 1.165) is 0 Å². The number of hydrogen-bond donors (Lipinski definition) is 0. The van der Waals surface area contributed by atoms with Crippen LogP contribution in [0.25, 0.3) is 11.1 Å². The predicted octanol–water partition coefficient (Wildman–Crippen LogP) is 11.0. The Morgan fingerprint density at radius 1 is 0.409 bits per heavy atom. The van der Waals surface area contributed by atoms with Crippen LogP contribution in [0.15, 0.2) is 146 Å². The molecule has 1 spiro atoms. The second-order valence-electron chi connectivity index (χ2n) is 13.3. The standard InChI is InChI=1S/C44H38/c1-29(31-16-7-5-8-17-31)33-26-27-36-35(28-33)42-34(30(2)32-18-9-6-10-19-32)20-15-25-41(42)44(36)39-23-13-11-21-37(39)43(3,4)38-22-12-14-24-40(38)44/h5-30H,1-4H3. The molecule has 0 heterocycles. The Labute approximate surface area is 262 Å². The Bertz CT molecular complexity index is 1960. The summed E-state index contributed by atoms with van der Waals surface area (Å²) in [5.74, 6) is 0.556. The molecule has 0 heteroatoms. The van der Waals surface area contributed by atoms with Crippen molar-refractivity contribution < 1.29 is 0 Å². The average Bonchev–Trinajstić information content (AvgIpc) is 3.38. The van der Waals surface area contributed by atoms with Crippen molar-refractivity contribution in [1.82, 2.24) is 0 Å². The lowest BCUT2D eigenvalue weighted by Crippen LogP contribution is -2.40. The van der Waals surface area contributed by atoms with Gasteiger partial charge in [-0.2, -0.15) is 0 Å². The van der Waals surface area contributed by atoms with Crippen molar-refractivity contribution in [3.8, 4) is 11.1 Å². The lowest BCUT2D eigenvalue weighted by Gasteiger charge is -2.46. The first-order chi connectivity index (χ1) is 21.4. The maximum atomic E-state index is 2.52. The maximum Gasteiger partial charge on any atom is 0.0719 e. The summed E-state index contributed by atoms with van der Waals surface area (Å²) in [5.41, 5.74) is 16.2. The third-order valence-corrected chi connectivity index (χ3v) is 10.8. The SMILES string of the molecule is CC(c1ccccc1)c1ccc2c(c1)-c1c(C(C)c3ccccc3)cccc1C21c2ccccc2C(C)(C)c2ccccc21. The molecular formula is C44H38. The van der Waals surface area contributed by atoms with Gasteiger partial charge in [0.25, 0.3) is 0 Å². The normalized spacial score (nSPS) is 16.4. The summed E-state index contributed by atoms with van der Waals surface area (Å²) < 4.78 is 0. The van der Waals surface area contributed by atoms with Crippen molar-refractivity contribution in [1.29, 1.82) is 0 Å². The highest BCUT2D eigenvalue weighted by atomic mass is 14.5. The quantitative estimate of drug-likeness (QED) is 0.199. The van der Waals surface area contributed by atoms with Gasteiger partial charge in [-0.1, -0.05) is 173 Å². The third kappa shape index (κ3) is 3.64. The van der Waals surface area contributed by atoms with E-state index in [4.69, 9.17) is 0 Å². The van der Waals surface area contributed by atoms with Gasteiger partial charge >= 0.3 is 0 Å². The van der Waals surface area contributed by atoms with Gasteiger partial charge in [-0.15, -0.1) is 0 Å². The molecule has 2 unspecified atom stereocenters. The van der Waals surface area contributed by atoms with Crippen LogP contribution in [0.1, 0.15) is 95.2 Å². The van der Waals surface area contributed by atoms with Crippen LogP contribution in [-0.4, -0.2) is 0 Å². The average molecular weight is 567 g/mol. The van der Waals surface area contributed by atoms with Gasteiger partial charge in [0.05, 0.1) is 5.41 Å². The molecule has 0 N–H and O–H groups in total. The van der Waals surface area contributed by atoms with Gasteiger partial charge < -0.3 is 0 Å². The molecule has 44 heavy (non-hydrogen) atoms. The highest BCUT2D eigenvalue weighted by Crippen LogP contribution is 2.63. The lowest BCUT2D eigenvalue weighted by molar-refractivity contribution is 0.563. The molecule has 0 nitrogen and oxygen atoms in total. The Hall–Kier alpha value is -4.68. The minimum absolute atomic E-state index is 0.0991. The zero-order chi connectivity index (χ0) is 30.1. The fourth-order valence-corrected chi connectivity index (χ4v) is 8.49. The molecule has 6 aromatic rings. The van der Waals surface area contributed by atoms with Crippen molar-refractivity contribution in [2.24, 2.45) is 0 Å². The molecule has 0 radical (unpaired) electrons. The molecule has 0 amide bonds. The van der Waals surface area contributed by atoms with Crippen molar-refractivity contribution in [2.75, 3.05) is 0 Å². The van der Waals surface area contributed by atoms with E-state index in [1.54, 1.807) is 0 Å². The fourth-order valence-electron chi connectivity index (χ4n) is 8.49. The number of hydrogen-bond acceptors (Lipinski definition) is 0. The van der Waals surface area contributed by atoms with Gasteiger partial charge in [-0.3, -0.25) is 0 Å². The zero-order valence-electron chi connectivity index (χ0n) is 26.0. The van der Waals surface area contributed by atoms with Crippen molar-refractivity contribution in [3.63, 3.8) is 0 Å². The van der Waals surface area contributed by atoms with Crippen LogP contribution in [0.4, 0.5) is 0 Å². The topological polar surface area (TPSA) is 0 Å². The Morgan fingerprint density at radius 2 is 0.909 bits per heavy atom. The van der Waals surface area contributed by atoms with Crippen LogP contribution in [-0.2, 0) is 10.8 Å². The molecule has 2 atom stereocenters. The molecule has 0 bridgehead atoms. The second kappa shape index (κ2) is 9.93. The van der Waals surface area contributed by atoms with E-state index in [2.05, 4.69) is 173 Å². The first-order valence-corrected chi connectivity index (χ1v) is 16.0. The third-order valence-electron chi connectivity index (χ3n) is 10.8. The summed E-state index contributed by atoms with van der Waals surface area (Å²) >= 11 is 0. The van der Waals surface area contributed by atoms with E-state index in [-0.39, 0.29) is 16.7 Å². The summed E-state index contributed by atoms with van der Waals surface area (Å²) in [4.78, 5) is 0. The van der Waals surface area contributed by atoms with E-state index in [0.29, 0.717) is 5.92 Å². The van der Waals surface area contributed by atoms with Gasteiger partial charge in [-0.05, 0) is 66.8 Å². The molecule has 0 fully saturated rings. The predicted molar refractivity (Wildman–Crippen MR) is 184 cm³/mol. The van der Waals surface area contributed by atoms with Gasteiger partial charge in [0.2, 0.25) is 0 Å². The highest BCUT2D eigenvalue weighted by Gasteiger charge is 2.53. The van der Waals surface area contributed by atoms with E-state index >= 15 is 0 Å². The Balaban J connectivity index is 1.48. The smallest absolute Gasteiger partial charge is 0.0622 e. The largest absolute Gasteiger partial charge is 0.0719 e. The molecule has 8 rings (SSSR count). The van der Waals surface area contributed by atoms with E-state index in [1.807, 2.05) is 0 Å². The zero-order valence-corrected chi connectivity index (χ0v) is 26.0. The molecule has 0 saturated heterocycles. The number of fused-ring (bicyclic) bond motifs is 9. The van der Waals surface area contributed by atoms with Gasteiger partial charge in [-0.25, -0.2) is 0 Å². The van der Waals surface area contributed by atoms with E-state index in [9.17, 15) is 0 Å². The van der Waals surface area contributed by atoms with Crippen LogP contribution >= 0.6 is 0 Å². The van der Waals surface area contributed by atoms with E-state index in [1.165, 1.54) is 66.8 Å². The lowest BCUT2D eigenvalue weighted by atomic mass is 9.55. The summed E-state index contributed by atoms with van der Waals surface area (Å²) in [6.07, 6.45) is 0. The summed E-state index contributed by atoms with van der Waals surface area (Å²) in [6, 6.07) is 54.9. The Kier molecular flexibility index (Phi) is 6.07. The fraction of sp³-hybridized carbons (Fsp3) is 0.182. The maximum absolute atomic E-state index is 2.52. The first kappa shape index (κ1) is 26.9. The summed E-state index contributed by atoms with van der Waals surface area (Å²) in [7, 11) is 0. The second-order valence-corrected chi connectivity index (χ2v) is 13.3. The molecule has 214 valence electrons. The first-order valence-electron chi connectivity index (χ1n) is 16.0. The number of rotatable bonds is 4. The van der Waals surface area contributed by atoms with Crippen LogP contribution in [0.5, 0.6) is 0 Å². The van der Waals surface area contributed by atoms with Crippen molar-refractivity contribution in [2.45, 2.75) is 50.4 Å². The molecule has 0 saturated carbocycles. The minimum Gasteiger partial charge on any atom is -0.0622 e. The van der Waals surface area contributed by atoms with Gasteiger partial charge in [0, 0.05) is 17.3 Å². The van der Waals surface area contributed by atoms with Crippen molar-refractivity contribution in [3.05, 3.63) is 201 Å². The highest BCUT2D eigenvalue weighted by molar-refractivity contribution is 5.91. The van der Waals surface area contributed by atoms with Crippen LogP contribution in [0.2, 0.25) is 0 Å². The van der Waals surface area contributed by atoms with Crippen LogP contribution in [0.3, 0.4) is 0 Å². The monoisotopic (exact) mass is 566 g/mol. The molecule has 2 aliphatic carbocycles. The molecule has 2 aliphatic rings. The summed E-state index contributed by atoms with van der Waals surface area (Å²) in [6.45, 7) is 9.51. The molecule has 0 aromatic heterocycles. The molecule has 6 aromatic carbocycles. The number of benzene rings is 6. The molecule has 0 aliphatic heterocycles. The van der Waals surface area contributed by atoms with E-state index < -0.39 is 0 Å². The van der Waals surface area contributed by atoms with Crippen molar-refractivity contribution >= 4 is 0 Å². The van der Waals surface area contributed by atoms with Gasteiger partial charge in [0.15, 0.2) is 0 Å². The van der Waals surface area contributed by atoms with Gasteiger partial charge in [0.1, 0.15) is 0 Å². The minimum atomic E-state index is -0.381. The van der Waals surface area contributed by atoms with Crippen LogP contribution < -0.4 is 0 Å². The summed E-state index contributed by atoms with van der Waals surface area (Å²) in [5, 5.41) is 0. The Morgan fingerprint density at radius 3 is 1.50 bits per heavy atom. The van der Waals surface area contributed by atoms with Crippen LogP contribution in [0, 0.1) is 0 Å². The molecular weight excluding hydrogens is 528 g/mol.